The molecule has 214 valence electrons. The van der Waals surface area contributed by atoms with Crippen molar-refractivity contribution in [2.75, 3.05) is 0 Å². The van der Waals surface area contributed by atoms with Gasteiger partial charge in [0, 0.05) is 0 Å². The summed E-state index contributed by atoms with van der Waals surface area (Å²) in [6.45, 7) is 40.2. The van der Waals surface area contributed by atoms with Crippen molar-refractivity contribution < 1.29 is 4.79 Å². The molecule has 1 saturated carbocycles. The molecule has 0 saturated heterocycles. The molecule has 37 heavy (non-hydrogen) atoms. The number of rotatable bonds is 8. The Bertz CT molecular complexity index is 609. The van der Waals surface area contributed by atoms with Crippen molar-refractivity contribution in [2.24, 2.45) is 4.07 Å². The molecule has 8 radical (unpaired) electrons. The Kier molecular flexibility index (Phi) is 19.0. The normalized spacial score (nSPS) is 17.3. The van der Waals surface area contributed by atoms with Crippen LogP contribution in [0.2, 0.25) is 74.7 Å². The second kappa shape index (κ2) is 17.4. The summed E-state index contributed by atoms with van der Waals surface area (Å²) in [5.74, 6) is 11.0. The molecule has 7 heteroatoms. The van der Waals surface area contributed by atoms with Crippen LogP contribution >= 0.6 is 0 Å². The van der Waals surface area contributed by atoms with E-state index in [1.54, 1.807) is 0 Å². The SMILES string of the molecule is CC(C)[Si]([C-]=[N+]=[N][Ge][CH]([Si](C)(C)C)[Si](C)(C)C)(C(C)C)C(C)C.C[C]1[C](C)[C](C)[C](C)[C]1C.[CH3][Sn]([CH3])[CH3]. The first-order valence-corrected chi connectivity index (χ1v) is 34.4. The Labute approximate surface area is 253 Å². The molecule has 0 spiro atoms. The quantitative estimate of drug-likeness (QED) is 0.0783. The summed E-state index contributed by atoms with van der Waals surface area (Å²) in [6.07, 6.45) is 0. The van der Waals surface area contributed by atoms with Crippen molar-refractivity contribution in [3.63, 3.8) is 0 Å². The van der Waals surface area contributed by atoms with E-state index in [0.29, 0.717) is 16.6 Å². The standard InChI is InChI=1S/C17H40GeN2Si3.C10H15.3CH3.Sn/c1-14(2)23(15(3)4,16(5)6)13-19-20-18-17(21(7,8)9)22(10,11)12;1-6-7(2)9(4)10(5)8(6)3;;;;/h14-17H,1-12H3;1-5H3;3*1H3;. The molecule has 0 atom stereocenters. The second-order valence-corrected chi connectivity index (χ2v) is 44.5. The third kappa shape index (κ3) is 13.3. The monoisotopic (exact) mass is 730 g/mol. The van der Waals surface area contributed by atoms with E-state index in [0.717, 1.165) is 4.00 Å². The third-order valence-corrected chi connectivity index (χ3v) is 36.0. The predicted octanol–water partition coefficient (Wildman–Crippen LogP) is 10.3. The van der Waals surface area contributed by atoms with Crippen LogP contribution < -0.4 is 0 Å². The Balaban J connectivity index is 0. The summed E-state index contributed by atoms with van der Waals surface area (Å²) >= 11 is -0.888. The molecule has 0 unspecified atom stereocenters. The first-order valence-electron chi connectivity index (χ1n) is 14.3. The van der Waals surface area contributed by atoms with Gasteiger partial charge in [-0.2, -0.15) is 0 Å². The molecule has 0 heterocycles. The molecule has 0 aromatic heterocycles. The molecule has 0 aromatic carbocycles. The van der Waals surface area contributed by atoms with Crippen LogP contribution in [0.25, 0.3) is 0 Å². The zero-order chi connectivity index (χ0) is 30.1. The summed E-state index contributed by atoms with van der Waals surface area (Å²) in [6, 6.07) is 0. The Morgan fingerprint density at radius 3 is 1.05 bits per heavy atom. The van der Waals surface area contributed by atoms with Crippen LogP contribution in [0.3, 0.4) is 0 Å². The second-order valence-electron chi connectivity index (χ2n) is 14.6. The van der Waals surface area contributed by atoms with Gasteiger partial charge in [0.1, 0.15) is 0 Å². The molecule has 0 N–H and O–H groups in total. The summed E-state index contributed by atoms with van der Waals surface area (Å²) in [5, 5.41) is 0. The fourth-order valence-corrected chi connectivity index (χ4v) is 28.0. The Morgan fingerprint density at radius 2 is 0.865 bits per heavy atom. The fraction of sp³-hybridized carbons (Fsp3) is 0.800. The maximum atomic E-state index is 4.78. The van der Waals surface area contributed by atoms with E-state index < -0.39 is 44.0 Å². The van der Waals surface area contributed by atoms with E-state index in [1.807, 2.05) is 0 Å². The molecule has 1 fully saturated rings. The molecular formula is C30H64GeN2Si3Sn. The van der Waals surface area contributed by atoms with Crippen molar-refractivity contribution in [2.45, 2.75) is 151 Å². The zero-order valence-electron chi connectivity index (χ0n) is 28.7. The Morgan fingerprint density at radius 1 is 0.622 bits per heavy atom. The molecule has 0 aromatic rings. The van der Waals surface area contributed by atoms with E-state index in [-0.39, 0.29) is 15.7 Å². The van der Waals surface area contributed by atoms with Crippen LogP contribution in [-0.2, 0) is 0 Å². The van der Waals surface area contributed by atoms with Gasteiger partial charge in [0.25, 0.3) is 0 Å². The third-order valence-electron chi connectivity index (χ3n) is 7.89. The molecular weight excluding hydrogens is 664 g/mol. The first-order chi connectivity index (χ1) is 16.5. The van der Waals surface area contributed by atoms with Crippen molar-refractivity contribution in [1.82, 2.24) is 0 Å². The van der Waals surface area contributed by atoms with Crippen LogP contribution in [-0.4, -0.2) is 70.3 Å². The van der Waals surface area contributed by atoms with E-state index >= 15 is 0 Å². The van der Waals surface area contributed by atoms with Crippen LogP contribution in [0.5, 0.6) is 0 Å². The summed E-state index contributed by atoms with van der Waals surface area (Å²) < 4.78 is 5.69. The Hall–Kier alpha value is 1.37. The van der Waals surface area contributed by atoms with Crippen LogP contribution in [0.4, 0.5) is 0 Å². The minimum absolute atomic E-state index is 0.344. The van der Waals surface area contributed by atoms with Crippen molar-refractivity contribution in [3.05, 3.63) is 29.6 Å². The molecule has 0 aliphatic heterocycles. The van der Waals surface area contributed by atoms with Gasteiger partial charge in [-0.3, -0.25) is 0 Å². The number of hydrogen-bond donors (Lipinski definition) is 0. The molecule has 2 nitrogen and oxygen atoms in total. The molecule has 1 aliphatic rings. The zero-order valence-corrected chi connectivity index (χ0v) is 36.7. The molecule has 0 amide bonds. The maximum absolute atomic E-state index is 4.78. The van der Waals surface area contributed by atoms with E-state index in [1.165, 1.54) is 29.6 Å². The van der Waals surface area contributed by atoms with Gasteiger partial charge >= 0.3 is 191 Å². The summed E-state index contributed by atoms with van der Waals surface area (Å²) in [7, 11) is -3.93. The van der Waals surface area contributed by atoms with E-state index in [2.05, 4.69) is 141 Å². The topological polar surface area (TPSA) is 26.5 Å². The molecule has 1 rings (SSSR count). The first kappa shape index (κ1) is 40.5. The van der Waals surface area contributed by atoms with Crippen molar-refractivity contribution in [3.8, 4) is 0 Å². The summed E-state index contributed by atoms with van der Waals surface area (Å²) in [5.41, 5.74) is 2.02. The van der Waals surface area contributed by atoms with Gasteiger partial charge in [-0.1, -0.05) is 34.6 Å². The van der Waals surface area contributed by atoms with Crippen LogP contribution in [0, 0.1) is 29.6 Å². The van der Waals surface area contributed by atoms with Gasteiger partial charge in [-0.15, -0.1) is 0 Å². The fourth-order valence-electron chi connectivity index (χ4n) is 5.68. The van der Waals surface area contributed by atoms with Gasteiger partial charge in [-0.25, -0.2) is 0 Å². The minimum atomic E-state index is -1.66. The molecule has 1 aliphatic carbocycles. The number of nitrogens with zero attached hydrogens (tertiary/aromatic N) is 2. The average molecular weight is 728 g/mol. The van der Waals surface area contributed by atoms with Gasteiger partial charge in [-0.05, 0) is 29.6 Å². The van der Waals surface area contributed by atoms with Gasteiger partial charge in [0.15, 0.2) is 0 Å². The summed E-state index contributed by atoms with van der Waals surface area (Å²) in [4.78, 5) is 11.7. The van der Waals surface area contributed by atoms with Gasteiger partial charge < -0.3 is 0 Å². The van der Waals surface area contributed by atoms with Crippen molar-refractivity contribution in [1.29, 1.82) is 0 Å². The predicted molar refractivity (Wildman–Crippen MR) is 183 cm³/mol. The van der Waals surface area contributed by atoms with Gasteiger partial charge in [0.2, 0.25) is 0 Å². The van der Waals surface area contributed by atoms with Gasteiger partial charge in [0.05, 0.1) is 0 Å². The van der Waals surface area contributed by atoms with Crippen LogP contribution in [0.15, 0.2) is 4.07 Å². The van der Waals surface area contributed by atoms with Crippen molar-refractivity contribution >= 4 is 65.5 Å². The van der Waals surface area contributed by atoms with E-state index in [4.69, 9.17) is 4.07 Å². The van der Waals surface area contributed by atoms with Crippen LogP contribution in [0.1, 0.15) is 76.2 Å². The average Bonchev–Trinajstić information content (AvgIpc) is 2.85. The number of hydrogen-bond acceptors (Lipinski definition) is 1. The van der Waals surface area contributed by atoms with E-state index in [9.17, 15) is 0 Å². The molecule has 0 bridgehead atoms.